The minimum atomic E-state index is -3.06. The molecular weight excluding hydrogens is 178 g/mol. The van der Waals surface area contributed by atoms with Gasteiger partial charge in [-0.05, 0) is 6.42 Å². The van der Waals surface area contributed by atoms with Crippen LogP contribution >= 0.6 is 0 Å². The molecule has 5 nitrogen and oxygen atoms in total. The highest BCUT2D eigenvalue weighted by atomic mass is 32.2. The molecule has 0 unspecified atom stereocenters. The van der Waals surface area contributed by atoms with Crippen LogP contribution in [0.4, 0.5) is 0 Å². The van der Waals surface area contributed by atoms with Crippen molar-refractivity contribution in [3.8, 4) is 0 Å². The normalized spacial score (nSPS) is 26.8. The van der Waals surface area contributed by atoms with E-state index in [4.69, 9.17) is 5.84 Å². The lowest BCUT2D eigenvalue weighted by molar-refractivity contribution is 0.314. The minimum absolute atomic E-state index is 0.0463. The standard InChI is InChI=1S/C6H15N3O2S/c1-8(12(2,10)11)6-3-4-9(7)5-6/h6H,3-5,7H2,1-2H3/t6-/m0/s1. The molecule has 1 rings (SSSR count). The van der Waals surface area contributed by atoms with E-state index in [1.54, 1.807) is 12.1 Å². The number of hydrazine groups is 1. The molecule has 0 bridgehead atoms. The zero-order valence-electron chi connectivity index (χ0n) is 7.40. The SMILES string of the molecule is CN([C@H]1CCN(N)C1)S(C)(=O)=O. The van der Waals surface area contributed by atoms with Gasteiger partial charge in [-0.2, -0.15) is 0 Å². The molecule has 0 radical (unpaired) electrons. The molecule has 0 aliphatic carbocycles. The molecule has 1 fully saturated rings. The second-order valence-electron chi connectivity index (χ2n) is 3.22. The highest BCUT2D eigenvalue weighted by Gasteiger charge is 2.28. The van der Waals surface area contributed by atoms with Crippen LogP contribution in [0.5, 0.6) is 0 Å². The van der Waals surface area contributed by atoms with E-state index in [0.29, 0.717) is 6.54 Å². The Morgan fingerprint density at radius 1 is 1.58 bits per heavy atom. The Kier molecular flexibility index (Phi) is 2.72. The third kappa shape index (κ3) is 2.16. The third-order valence-electron chi connectivity index (χ3n) is 2.23. The van der Waals surface area contributed by atoms with Crippen LogP contribution in [0, 0.1) is 0 Å². The summed E-state index contributed by atoms with van der Waals surface area (Å²) in [5, 5.41) is 1.65. The van der Waals surface area contributed by atoms with Gasteiger partial charge in [-0.15, -0.1) is 0 Å². The third-order valence-corrected chi connectivity index (χ3v) is 3.58. The maximum atomic E-state index is 11.1. The Morgan fingerprint density at radius 2 is 2.17 bits per heavy atom. The molecule has 1 atom stereocenters. The molecule has 0 aromatic heterocycles. The first-order valence-electron chi connectivity index (χ1n) is 3.84. The van der Waals surface area contributed by atoms with Gasteiger partial charge in [-0.25, -0.2) is 17.7 Å². The zero-order valence-corrected chi connectivity index (χ0v) is 8.21. The average molecular weight is 193 g/mol. The van der Waals surface area contributed by atoms with Gasteiger partial charge in [0.15, 0.2) is 0 Å². The van der Waals surface area contributed by atoms with Gasteiger partial charge in [-0.3, -0.25) is 5.84 Å². The van der Waals surface area contributed by atoms with E-state index in [1.807, 2.05) is 0 Å². The maximum absolute atomic E-state index is 11.1. The fourth-order valence-corrected chi connectivity index (χ4v) is 2.05. The Balaban J connectivity index is 2.61. The average Bonchev–Trinajstić information content (AvgIpc) is 2.32. The predicted molar refractivity (Wildman–Crippen MR) is 46.8 cm³/mol. The summed E-state index contributed by atoms with van der Waals surface area (Å²) in [4.78, 5) is 0. The van der Waals surface area contributed by atoms with E-state index in [-0.39, 0.29) is 6.04 Å². The Hall–Kier alpha value is -0.170. The molecule has 1 aliphatic heterocycles. The molecule has 0 aromatic carbocycles. The monoisotopic (exact) mass is 193 g/mol. The Labute approximate surface area is 73.1 Å². The van der Waals surface area contributed by atoms with Gasteiger partial charge in [-0.1, -0.05) is 0 Å². The maximum Gasteiger partial charge on any atom is 0.211 e. The number of hydrogen-bond donors (Lipinski definition) is 1. The van der Waals surface area contributed by atoms with Gasteiger partial charge in [0.2, 0.25) is 10.0 Å². The van der Waals surface area contributed by atoms with Crippen LogP contribution in [0.25, 0.3) is 0 Å². The van der Waals surface area contributed by atoms with E-state index in [9.17, 15) is 8.42 Å². The summed E-state index contributed by atoms with van der Waals surface area (Å²) in [6.07, 6.45) is 2.03. The molecule has 6 heteroatoms. The smallest absolute Gasteiger partial charge is 0.211 e. The summed E-state index contributed by atoms with van der Waals surface area (Å²) in [6.45, 7) is 1.40. The van der Waals surface area contributed by atoms with Crippen LogP contribution in [-0.2, 0) is 10.0 Å². The van der Waals surface area contributed by atoms with Crippen molar-refractivity contribution in [3.05, 3.63) is 0 Å². The Morgan fingerprint density at radius 3 is 2.50 bits per heavy atom. The van der Waals surface area contributed by atoms with Crippen molar-refractivity contribution in [1.29, 1.82) is 0 Å². The van der Waals surface area contributed by atoms with Gasteiger partial charge < -0.3 is 0 Å². The van der Waals surface area contributed by atoms with Crippen LogP contribution in [0.2, 0.25) is 0 Å². The molecular formula is C6H15N3O2S. The van der Waals surface area contributed by atoms with Crippen molar-refractivity contribution in [2.24, 2.45) is 5.84 Å². The predicted octanol–water partition coefficient (Wildman–Crippen LogP) is -1.17. The fraction of sp³-hybridized carbons (Fsp3) is 1.00. The molecule has 72 valence electrons. The second-order valence-corrected chi connectivity index (χ2v) is 5.26. The summed E-state index contributed by atoms with van der Waals surface area (Å²) in [7, 11) is -1.46. The van der Waals surface area contributed by atoms with Gasteiger partial charge in [0.1, 0.15) is 0 Å². The van der Waals surface area contributed by atoms with E-state index < -0.39 is 10.0 Å². The summed E-state index contributed by atoms with van der Waals surface area (Å²) in [6, 6.07) is 0.0463. The van der Waals surface area contributed by atoms with Crippen molar-refractivity contribution >= 4 is 10.0 Å². The summed E-state index contributed by atoms with van der Waals surface area (Å²) in [5.74, 6) is 5.52. The van der Waals surface area contributed by atoms with Gasteiger partial charge in [0, 0.05) is 26.2 Å². The fourth-order valence-electron chi connectivity index (χ4n) is 1.34. The lowest BCUT2D eigenvalue weighted by Crippen LogP contribution is -2.39. The van der Waals surface area contributed by atoms with E-state index >= 15 is 0 Å². The summed E-state index contributed by atoms with van der Waals surface area (Å²) < 4.78 is 23.6. The molecule has 0 aromatic rings. The van der Waals surface area contributed by atoms with Crippen LogP contribution in [0.3, 0.4) is 0 Å². The number of rotatable bonds is 2. The van der Waals surface area contributed by atoms with Gasteiger partial charge in [0.05, 0.1) is 6.26 Å². The number of hydrogen-bond acceptors (Lipinski definition) is 4. The van der Waals surface area contributed by atoms with Crippen molar-refractivity contribution in [1.82, 2.24) is 9.31 Å². The molecule has 0 amide bonds. The van der Waals surface area contributed by atoms with Crippen molar-refractivity contribution < 1.29 is 8.42 Å². The molecule has 12 heavy (non-hydrogen) atoms. The highest BCUT2D eigenvalue weighted by Crippen LogP contribution is 2.13. The number of nitrogens with zero attached hydrogens (tertiary/aromatic N) is 2. The lowest BCUT2D eigenvalue weighted by atomic mass is 10.3. The zero-order chi connectivity index (χ0) is 9.35. The Bertz CT molecular complexity index is 252. The molecule has 0 spiro atoms. The van der Waals surface area contributed by atoms with Gasteiger partial charge in [0.25, 0.3) is 0 Å². The molecule has 2 N–H and O–H groups in total. The minimum Gasteiger partial charge on any atom is -0.269 e. The number of sulfonamides is 1. The first-order valence-corrected chi connectivity index (χ1v) is 5.69. The first kappa shape index (κ1) is 9.91. The topological polar surface area (TPSA) is 66.6 Å². The summed E-state index contributed by atoms with van der Waals surface area (Å²) >= 11 is 0. The van der Waals surface area contributed by atoms with Crippen molar-refractivity contribution in [2.45, 2.75) is 12.5 Å². The number of nitrogens with two attached hydrogens (primary N) is 1. The van der Waals surface area contributed by atoms with Crippen LogP contribution in [0.1, 0.15) is 6.42 Å². The summed E-state index contributed by atoms with van der Waals surface area (Å²) in [5.41, 5.74) is 0. The lowest BCUT2D eigenvalue weighted by Gasteiger charge is -2.21. The van der Waals surface area contributed by atoms with Gasteiger partial charge >= 0.3 is 0 Å². The van der Waals surface area contributed by atoms with E-state index in [1.165, 1.54) is 10.6 Å². The van der Waals surface area contributed by atoms with Crippen molar-refractivity contribution in [2.75, 3.05) is 26.4 Å². The quantitative estimate of drug-likeness (QED) is 0.561. The van der Waals surface area contributed by atoms with Crippen LogP contribution in [0.15, 0.2) is 0 Å². The van der Waals surface area contributed by atoms with Crippen molar-refractivity contribution in [3.63, 3.8) is 0 Å². The van der Waals surface area contributed by atoms with E-state index in [0.717, 1.165) is 13.0 Å². The second kappa shape index (κ2) is 3.29. The van der Waals surface area contributed by atoms with E-state index in [2.05, 4.69) is 0 Å². The number of likely N-dealkylation sites (N-methyl/N-ethyl adjacent to an activating group) is 1. The highest BCUT2D eigenvalue weighted by molar-refractivity contribution is 7.88. The molecule has 1 aliphatic rings. The van der Waals surface area contributed by atoms with Crippen LogP contribution in [-0.4, -0.2) is 50.2 Å². The molecule has 1 heterocycles. The molecule has 1 saturated heterocycles. The van der Waals surface area contributed by atoms with Crippen LogP contribution < -0.4 is 5.84 Å². The first-order chi connectivity index (χ1) is 5.41. The largest absolute Gasteiger partial charge is 0.269 e. The molecule has 0 saturated carbocycles.